The van der Waals surface area contributed by atoms with Gasteiger partial charge in [-0.1, -0.05) is 12.1 Å². The van der Waals surface area contributed by atoms with Gasteiger partial charge in [0.05, 0.1) is 26.8 Å². The molecule has 0 aliphatic carbocycles. The average molecular weight is 410 g/mol. The smallest absolute Gasteiger partial charge is 0.247 e. The van der Waals surface area contributed by atoms with E-state index < -0.39 is 28.3 Å². The highest BCUT2D eigenvalue weighted by Gasteiger charge is 2.27. The molecule has 1 amide bonds. The standard InChI is InChI=1S/C19H23FN2O5S/c1-13(14-5-8-16(26-3)9-6-14)21-19(23)12-22(2)28(24,25)18-11-15(20)7-10-17(18)27-4/h5-11,13H,12H2,1-4H3,(H,21,23). The molecule has 0 aliphatic rings. The Kier molecular flexibility index (Phi) is 6.98. The normalized spacial score (nSPS) is 12.5. The molecule has 0 aliphatic heterocycles. The van der Waals surface area contributed by atoms with Crippen molar-refractivity contribution >= 4 is 15.9 Å². The molecule has 0 bridgehead atoms. The molecule has 0 saturated carbocycles. The monoisotopic (exact) mass is 410 g/mol. The van der Waals surface area contributed by atoms with Crippen LogP contribution >= 0.6 is 0 Å². The second-order valence-corrected chi connectivity index (χ2v) is 8.13. The summed E-state index contributed by atoms with van der Waals surface area (Å²) >= 11 is 0. The van der Waals surface area contributed by atoms with Gasteiger partial charge >= 0.3 is 0 Å². The zero-order valence-electron chi connectivity index (χ0n) is 16.1. The quantitative estimate of drug-likeness (QED) is 0.722. The fraction of sp³-hybridized carbons (Fsp3) is 0.316. The van der Waals surface area contributed by atoms with Gasteiger partial charge in [0.1, 0.15) is 22.2 Å². The molecule has 152 valence electrons. The molecule has 0 saturated heterocycles. The summed E-state index contributed by atoms with van der Waals surface area (Å²) in [5.74, 6) is -0.521. The zero-order chi connectivity index (χ0) is 20.9. The van der Waals surface area contributed by atoms with Crippen LogP contribution in [0.25, 0.3) is 0 Å². The van der Waals surface area contributed by atoms with Crippen molar-refractivity contribution in [2.45, 2.75) is 17.9 Å². The van der Waals surface area contributed by atoms with E-state index in [1.54, 1.807) is 26.2 Å². The average Bonchev–Trinajstić information content (AvgIpc) is 2.67. The first-order valence-electron chi connectivity index (χ1n) is 8.42. The van der Waals surface area contributed by atoms with E-state index in [2.05, 4.69) is 5.32 Å². The van der Waals surface area contributed by atoms with Crippen LogP contribution in [0, 0.1) is 5.82 Å². The van der Waals surface area contributed by atoms with Crippen LogP contribution in [0.1, 0.15) is 18.5 Å². The second-order valence-electron chi connectivity index (χ2n) is 6.12. The Morgan fingerprint density at radius 1 is 1.14 bits per heavy atom. The Labute approximate surface area is 164 Å². The molecule has 0 aromatic heterocycles. The minimum absolute atomic E-state index is 0.000240. The molecule has 0 fully saturated rings. The Bertz CT molecular complexity index is 932. The predicted octanol–water partition coefficient (Wildman–Crippen LogP) is 2.34. The third-order valence-electron chi connectivity index (χ3n) is 4.17. The van der Waals surface area contributed by atoms with Crippen molar-refractivity contribution in [2.75, 3.05) is 27.8 Å². The number of amides is 1. The SMILES string of the molecule is COc1ccc(C(C)NC(=O)CN(C)S(=O)(=O)c2cc(F)ccc2OC)cc1. The van der Waals surface area contributed by atoms with E-state index in [4.69, 9.17) is 9.47 Å². The van der Waals surface area contributed by atoms with Gasteiger partial charge in [0.25, 0.3) is 0 Å². The lowest BCUT2D eigenvalue weighted by Gasteiger charge is -2.20. The third-order valence-corrected chi connectivity index (χ3v) is 6.00. The van der Waals surface area contributed by atoms with E-state index in [1.165, 1.54) is 20.2 Å². The first-order valence-corrected chi connectivity index (χ1v) is 9.86. The molecular formula is C19H23FN2O5S. The van der Waals surface area contributed by atoms with Gasteiger partial charge in [0, 0.05) is 7.05 Å². The van der Waals surface area contributed by atoms with Gasteiger partial charge in [-0.2, -0.15) is 4.31 Å². The number of carbonyl (C=O) groups excluding carboxylic acids is 1. The predicted molar refractivity (Wildman–Crippen MR) is 102 cm³/mol. The van der Waals surface area contributed by atoms with Crippen LogP contribution in [0.5, 0.6) is 11.5 Å². The minimum atomic E-state index is -4.12. The fourth-order valence-electron chi connectivity index (χ4n) is 2.57. The van der Waals surface area contributed by atoms with Crippen molar-refractivity contribution in [1.82, 2.24) is 9.62 Å². The van der Waals surface area contributed by atoms with Gasteiger partial charge in [-0.25, -0.2) is 12.8 Å². The van der Waals surface area contributed by atoms with Crippen LogP contribution in [0.15, 0.2) is 47.4 Å². The number of sulfonamides is 1. The maximum absolute atomic E-state index is 13.5. The van der Waals surface area contributed by atoms with Crippen LogP contribution < -0.4 is 14.8 Å². The van der Waals surface area contributed by atoms with E-state index in [1.807, 2.05) is 12.1 Å². The molecule has 1 atom stereocenters. The van der Waals surface area contributed by atoms with Crippen LogP contribution in [-0.4, -0.2) is 46.4 Å². The molecule has 0 radical (unpaired) electrons. The van der Waals surface area contributed by atoms with Crippen molar-refractivity contribution in [1.29, 1.82) is 0 Å². The molecular weight excluding hydrogens is 387 g/mol. The summed E-state index contributed by atoms with van der Waals surface area (Å²) in [6.45, 7) is 1.35. The van der Waals surface area contributed by atoms with Crippen molar-refractivity contribution in [3.8, 4) is 11.5 Å². The number of likely N-dealkylation sites (N-methyl/N-ethyl adjacent to an activating group) is 1. The maximum atomic E-state index is 13.5. The topological polar surface area (TPSA) is 84.9 Å². The van der Waals surface area contributed by atoms with Gasteiger partial charge in [-0.05, 0) is 42.8 Å². The lowest BCUT2D eigenvalue weighted by molar-refractivity contribution is -0.121. The van der Waals surface area contributed by atoms with Crippen molar-refractivity contribution < 1.29 is 27.1 Å². The summed E-state index contributed by atoms with van der Waals surface area (Å²) in [5, 5.41) is 2.74. The first kappa shape index (κ1) is 21.6. The molecule has 2 rings (SSSR count). The van der Waals surface area contributed by atoms with Gasteiger partial charge in [-0.15, -0.1) is 0 Å². The lowest BCUT2D eigenvalue weighted by Crippen LogP contribution is -2.39. The summed E-state index contributed by atoms with van der Waals surface area (Å²) in [6.07, 6.45) is 0. The van der Waals surface area contributed by atoms with Gasteiger partial charge < -0.3 is 14.8 Å². The summed E-state index contributed by atoms with van der Waals surface area (Å²) in [6, 6.07) is 10.0. The van der Waals surface area contributed by atoms with E-state index in [-0.39, 0.29) is 16.7 Å². The van der Waals surface area contributed by atoms with Crippen LogP contribution in [-0.2, 0) is 14.8 Å². The Morgan fingerprint density at radius 2 is 1.79 bits per heavy atom. The molecule has 9 heteroatoms. The zero-order valence-corrected chi connectivity index (χ0v) is 16.9. The number of rotatable bonds is 8. The molecule has 0 heterocycles. The highest BCUT2D eigenvalue weighted by atomic mass is 32.2. The van der Waals surface area contributed by atoms with E-state index in [9.17, 15) is 17.6 Å². The van der Waals surface area contributed by atoms with E-state index >= 15 is 0 Å². The highest BCUT2D eigenvalue weighted by molar-refractivity contribution is 7.89. The Hall–Kier alpha value is -2.65. The number of hydrogen-bond donors (Lipinski definition) is 1. The lowest BCUT2D eigenvalue weighted by atomic mass is 10.1. The molecule has 1 unspecified atom stereocenters. The second kappa shape index (κ2) is 9.03. The minimum Gasteiger partial charge on any atom is -0.497 e. The van der Waals surface area contributed by atoms with Crippen molar-refractivity contribution in [3.63, 3.8) is 0 Å². The number of nitrogens with one attached hydrogen (secondary N) is 1. The highest BCUT2D eigenvalue weighted by Crippen LogP contribution is 2.27. The number of benzene rings is 2. The molecule has 2 aromatic rings. The summed E-state index contributed by atoms with van der Waals surface area (Å²) in [7, 11) is -0.0236. The maximum Gasteiger partial charge on any atom is 0.247 e. The molecule has 7 nitrogen and oxygen atoms in total. The van der Waals surface area contributed by atoms with E-state index in [0.29, 0.717) is 5.75 Å². The summed E-state index contributed by atoms with van der Waals surface area (Å²) < 4.78 is 49.9. The molecule has 2 aromatic carbocycles. The Morgan fingerprint density at radius 3 is 2.36 bits per heavy atom. The van der Waals surface area contributed by atoms with Crippen LogP contribution in [0.2, 0.25) is 0 Å². The molecule has 1 N–H and O–H groups in total. The van der Waals surface area contributed by atoms with Crippen LogP contribution in [0.4, 0.5) is 4.39 Å². The van der Waals surface area contributed by atoms with Gasteiger partial charge in [-0.3, -0.25) is 4.79 Å². The Balaban J connectivity index is 2.09. The third kappa shape index (κ3) is 4.99. The van der Waals surface area contributed by atoms with Crippen LogP contribution in [0.3, 0.4) is 0 Å². The molecule has 28 heavy (non-hydrogen) atoms. The van der Waals surface area contributed by atoms with Gasteiger partial charge in [0.2, 0.25) is 15.9 Å². The number of hydrogen-bond acceptors (Lipinski definition) is 5. The first-order chi connectivity index (χ1) is 13.2. The fourth-order valence-corrected chi connectivity index (χ4v) is 3.86. The van der Waals surface area contributed by atoms with Crippen molar-refractivity contribution in [2.24, 2.45) is 0 Å². The van der Waals surface area contributed by atoms with Crippen molar-refractivity contribution in [3.05, 3.63) is 53.8 Å². The largest absolute Gasteiger partial charge is 0.497 e. The summed E-state index contributed by atoms with van der Waals surface area (Å²) in [4.78, 5) is 12.0. The number of methoxy groups -OCH3 is 2. The number of carbonyl (C=O) groups is 1. The number of ether oxygens (including phenoxy) is 2. The number of halogens is 1. The van der Waals surface area contributed by atoms with E-state index in [0.717, 1.165) is 22.0 Å². The summed E-state index contributed by atoms with van der Waals surface area (Å²) in [5.41, 5.74) is 0.839. The van der Waals surface area contributed by atoms with Gasteiger partial charge in [0.15, 0.2) is 0 Å². The molecule has 0 spiro atoms. The number of nitrogens with zero attached hydrogens (tertiary/aromatic N) is 1.